The van der Waals surface area contributed by atoms with Crippen LogP contribution in [-0.2, 0) is 0 Å². The number of aromatic nitrogens is 3. The average Bonchev–Trinajstić information content (AvgIpc) is 2.73. The summed E-state index contributed by atoms with van der Waals surface area (Å²) < 4.78 is 1.90. The molecule has 2 aromatic rings. The molecule has 4 heteroatoms. The van der Waals surface area contributed by atoms with Gasteiger partial charge in [-0.05, 0) is 37.8 Å². The van der Waals surface area contributed by atoms with Crippen molar-refractivity contribution in [2.45, 2.75) is 45.6 Å². The largest absolute Gasteiger partial charge is 0.350 e. The number of aryl methyl sites for hydroxylation is 1. The van der Waals surface area contributed by atoms with E-state index >= 15 is 0 Å². The van der Waals surface area contributed by atoms with Gasteiger partial charge < -0.3 is 5.32 Å². The molecule has 2 heterocycles. The minimum absolute atomic E-state index is 0.534. The van der Waals surface area contributed by atoms with Crippen LogP contribution in [0.4, 0.5) is 5.95 Å². The average molecular weight is 244 g/mol. The summed E-state index contributed by atoms with van der Waals surface area (Å²) in [4.78, 5) is 4.53. The highest BCUT2D eigenvalue weighted by molar-refractivity contribution is 5.44. The van der Waals surface area contributed by atoms with E-state index in [2.05, 4.69) is 22.3 Å². The Hall–Kier alpha value is -1.58. The number of fused-ring (bicyclic) bond motifs is 1. The molecule has 0 bridgehead atoms. The first kappa shape index (κ1) is 11.5. The summed E-state index contributed by atoms with van der Waals surface area (Å²) in [6.07, 6.45) is 5.13. The third kappa shape index (κ3) is 2.19. The monoisotopic (exact) mass is 244 g/mol. The van der Waals surface area contributed by atoms with E-state index in [1.165, 1.54) is 25.7 Å². The normalized spacial score (nSPS) is 24.3. The molecule has 1 fully saturated rings. The maximum atomic E-state index is 4.53. The van der Waals surface area contributed by atoms with Gasteiger partial charge in [0.15, 0.2) is 5.65 Å². The topological polar surface area (TPSA) is 42.2 Å². The van der Waals surface area contributed by atoms with E-state index in [1.54, 1.807) is 0 Å². The van der Waals surface area contributed by atoms with Crippen molar-refractivity contribution in [3.05, 3.63) is 23.9 Å². The van der Waals surface area contributed by atoms with E-state index in [-0.39, 0.29) is 0 Å². The van der Waals surface area contributed by atoms with Crippen molar-refractivity contribution in [3.63, 3.8) is 0 Å². The highest BCUT2D eigenvalue weighted by Crippen LogP contribution is 2.25. The Morgan fingerprint density at radius 2 is 2.22 bits per heavy atom. The predicted molar refractivity (Wildman–Crippen MR) is 72.8 cm³/mol. The molecule has 3 rings (SSSR count). The molecule has 0 amide bonds. The molecule has 4 nitrogen and oxygen atoms in total. The summed E-state index contributed by atoms with van der Waals surface area (Å²) in [5.41, 5.74) is 2.03. The summed E-state index contributed by atoms with van der Waals surface area (Å²) in [5.74, 6) is 1.58. The summed E-state index contributed by atoms with van der Waals surface area (Å²) in [6, 6.07) is 6.60. The first-order chi connectivity index (χ1) is 8.72. The van der Waals surface area contributed by atoms with Crippen LogP contribution in [0.5, 0.6) is 0 Å². The van der Waals surface area contributed by atoms with Gasteiger partial charge in [0, 0.05) is 11.7 Å². The van der Waals surface area contributed by atoms with Crippen LogP contribution in [0.15, 0.2) is 18.2 Å². The molecule has 2 aromatic heterocycles. The zero-order valence-electron chi connectivity index (χ0n) is 11.1. The molecule has 2 unspecified atom stereocenters. The number of nitrogens with one attached hydrogen (secondary N) is 1. The third-order valence-electron chi connectivity index (χ3n) is 3.82. The van der Waals surface area contributed by atoms with E-state index in [0.717, 1.165) is 23.2 Å². The molecule has 0 aromatic carbocycles. The molecule has 18 heavy (non-hydrogen) atoms. The van der Waals surface area contributed by atoms with Gasteiger partial charge >= 0.3 is 0 Å². The second-order valence-electron chi connectivity index (χ2n) is 5.49. The molecule has 0 radical (unpaired) electrons. The van der Waals surface area contributed by atoms with Crippen molar-refractivity contribution in [1.29, 1.82) is 0 Å². The van der Waals surface area contributed by atoms with Crippen LogP contribution in [0.25, 0.3) is 5.65 Å². The molecule has 1 N–H and O–H groups in total. The molecule has 96 valence electrons. The van der Waals surface area contributed by atoms with Gasteiger partial charge in [-0.25, -0.2) is 4.52 Å². The van der Waals surface area contributed by atoms with Crippen LogP contribution in [0, 0.1) is 12.8 Å². The number of hydrogen-bond acceptors (Lipinski definition) is 3. The van der Waals surface area contributed by atoms with E-state index in [9.17, 15) is 0 Å². The van der Waals surface area contributed by atoms with Crippen molar-refractivity contribution in [1.82, 2.24) is 14.6 Å². The highest BCUT2D eigenvalue weighted by Gasteiger charge is 2.19. The van der Waals surface area contributed by atoms with E-state index < -0.39 is 0 Å². The van der Waals surface area contributed by atoms with E-state index in [1.807, 2.05) is 29.6 Å². The fourth-order valence-electron chi connectivity index (χ4n) is 2.84. The smallest absolute Gasteiger partial charge is 0.243 e. The van der Waals surface area contributed by atoms with Crippen molar-refractivity contribution in [3.8, 4) is 0 Å². The number of hydrogen-bond donors (Lipinski definition) is 1. The third-order valence-corrected chi connectivity index (χ3v) is 3.82. The van der Waals surface area contributed by atoms with E-state index in [0.29, 0.717) is 6.04 Å². The van der Waals surface area contributed by atoms with Crippen LogP contribution in [0.2, 0.25) is 0 Å². The van der Waals surface area contributed by atoms with Gasteiger partial charge in [-0.2, -0.15) is 4.98 Å². The lowest BCUT2D eigenvalue weighted by atomic mass is 9.87. The quantitative estimate of drug-likeness (QED) is 0.883. The summed E-state index contributed by atoms with van der Waals surface area (Å²) >= 11 is 0. The van der Waals surface area contributed by atoms with Gasteiger partial charge in [0.05, 0.1) is 0 Å². The Bertz CT molecular complexity index is 546. The molecular formula is C14H20N4. The number of anilines is 1. The Balaban J connectivity index is 1.80. The molecule has 1 aliphatic carbocycles. The minimum Gasteiger partial charge on any atom is -0.350 e. The number of pyridine rings is 1. The Kier molecular flexibility index (Phi) is 2.94. The van der Waals surface area contributed by atoms with Crippen LogP contribution >= 0.6 is 0 Å². The summed E-state index contributed by atoms with van der Waals surface area (Å²) in [5, 5.41) is 8.01. The summed E-state index contributed by atoms with van der Waals surface area (Å²) in [6.45, 7) is 4.38. The zero-order chi connectivity index (χ0) is 12.5. The van der Waals surface area contributed by atoms with Crippen LogP contribution in [0.3, 0.4) is 0 Å². The van der Waals surface area contributed by atoms with Crippen LogP contribution in [-0.4, -0.2) is 20.6 Å². The van der Waals surface area contributed by atoms with Crippen molar-refractivity contribution < 1.29 is 0 Å². The van der Waals surface area contributed by atoms with Gasteiger partial charge in [-0.15, -0.1) is 5.10 Å². The highest BCUT2D eigenvalue weighted by atomic mass is 15.4. The van der Waals surface area contributed by atoms with Crippen molar-refractivity contribution in [2.75, 3.05) is 5.32 Å². The maximum absolute atomic E-state index is 4.53. The molecule has 1 saturated carbocycles. The first-order valence-corrected chi connectivity index (χ1v) is 6.81. The Morgan fingerprint density at radius 3 is 3.00 bits per heavy atom. The summed E-state index contributed by atoms with van der Waals surface area (Å²) in [7, 11) is 0. The molecule has 0 aliphatic heterocycles. The van der Waals surface area contributed by atoms with Crippen molar-refractivity contribution >= 4 is 11.6 Å². The van der Waals surface area contributed by atoms with Gasteiger partial charge in [0.25, 0.3) is 0 Å². The number of nitrogens with zero attached hydrogens (tertiary/aromatic N) is 3. The van der Waals surface area contributed by atoms with Gasteiger partial charge in [0.2, 0.25) is 5.95 Å². The molecular weight excluding hydrogens is 224 g/mol. The second kappa shape index (κ2) is 4.59. The lowest BCUT2D eigenvalue weighted by molar-refractivity contribution is 0.357. The van der Waals surface area contributed by atoms with Gasteiger partial charge in [-0.3, -0.25) is 0 Å². The standard InChI is InChI=1S/C14H20N4/c1-10-5-3-7-12(9-10)15-14-16-13-8-4-6-11(2)18(13)17-14/h4,6,8,10,12H,3,5,7,9H2,1-2H3,(H,15,17). The first-order valence-electron chi connectivity index (χ1n) is 6.81. The van der Waals surface area contributed by atoms with Crippen molar-refractivity contribution in [2.24, 2.45) is 5.92 Å². The molecule has 0 spiro atoms. The molecule has 0 saturated heterocycles. The number of rotatable bonds is 2. The predicted octanol–water partition coefficient (Wildman–Crippen LogP) is 3.03. The van der Waals surface area contributed by atoms with Crippen LogP contribution < -0.4 is 5.32 Å². The lowest BCUT2D eigenvalue weighted by Crippen LogP contribution is -2.26. The zero-order valence-corrected chi connectivity index (χ0v) is 11.1. The second-order valence-corrected chi connectivity index (χ2v) is 5.49. The van der Waals surface area contributed by atoms with E-state index in [4.69, 9.17) is 0 Å². The SMILES string of the molecule is Cc1cccc2nc(NC3CCCC(C)C3)nn12. The maximum Gasteiger partial charge on any atom is 0.243 e. The van der Waals surface area contributed by atoms with Crippen LogP contribution in [0.1, 0.15) is 38.3 Å². The Morgan fingerprint density at radius 1 is 1.33 bits per heavy atom. The fourth-order valence-corrected chi connectivity index (χ4v) is 2.84. The Labute approximate surface area is 107 Å². The molecule has 1 aliphatic rings. The fraction of sp³-hybridized carbons (Fsp3) is 0.571. The molecule has 2 atom stereocenters. The minimum atomic E-state index is 0.534. The van der Waals surface area contributed by atoms with Gasteiger partial charge in [0.1, 0.15) is 0 Å². The van der Waals surface area contributed by atoms with Gasteiger partial charge in [-0.1, -0.05) is 25.8 Å². The lowest BCUT2D eigenvalue weighted by Gasteiger charge is -2.26.